The first-order chi connectivity index (χ1) is 15.6. The summed E-state index contributed by atoms with van der Waals surface area (Å²) in [6.45, 7) is 2.45. The van der Waals surface area contributed by atoms with E-state index in [9.17, 15) is 14.7 Å². The summed E-state index contributed by atoms with van der Waals surface area (Å²) in [4.78, 5) is 24.6. The van der Waals surface area contributed by atoms with Crippen LogP contribution in [0.3, 0.4) is 0 Å². The first-order valence-corrected chi connectivity index (χ1v) is 11.0. The van der Waals surface area contributed by atoms with Crippen molar-refractivity contribution in [3.8, 4) is 5.75 Å². The van der Waals surface area contributed by atoms with Crippen LogP contribution in [-0.4, -0.2) is 48.5 Å². The number of aliphatic hydroxyl groups is 1. The molecule has 2 aliphatic rings. The average Bonchev–Trinajstić information content (AvgIpc) is 3.15. The van der Waals surface area contributed by atoms with E-state index in [1.165, 1.54) is 0 Å². The Bertz CT molecular complexity index is 952. The predicted molar refractivity (Wildman–Crippen MR) is 121 cm³/mol. The van der Waals surface area contributed by atoms with Crippen molar-refractivity contribution in [3.05, 3.63) is 54.1 Å². The van der Waals surface area contributed by atoms with Gasteiger partial charge in [0, 0.05) is 29.4 Å². The second kappa shape index (κ2) is 10.0. The number of fused-ring (bicyclic) bond motifs is 3. The highest BCUT2D eigenvalue weighted by molar-refractivity contribution is 5.99. The first kappa shape index (κ1) is 22.1. The van der Waals surface area contributed by atoms with Gasteiger partial charge in [0.2, 0.25) is 5.91 Å². The molecule has 8 nitrogen and oxygen atoms in total. The van der Waals surface area contributed by atoms with Crippen molar-refractivity contribution < 1.29 is 24.2 Å². The van der Waals surface area contributed by atoms with Gasteiger partial charge in [0.1, 0.15) is 18.0 Å². The highest BCUT2D eigenvalue weighted by Gasteiger charge is 2.46. The van der Waals surface area contributed by atoms with E-state index in [0.717, 1.165) is 12.0 Å². The van der Waals surface area contributed by atoms with Gasteiger partial charge in [-0.2, -0.15) is 0 Å². The fraction of sp³-hybridized carbons (Fsp3) is 0.417. The number of para-hydroxylation sites is 1. The fourth-order valence-corrected chi connectivity index (χ4v) is 4.33. The molecule has 0 radical (unpaired) electrons. The van der Waals surface area contributed by atoms with Crippen molar-refractivity contribution in [1.82, 2.24) is 5.32 Å². The van der Waals surface area contributed by atoms with Crippen molar-refractivity contribution in [2.45, 2.75) is 50.4 Å². The molecule has 32 heavy (non-hydrogen) atoms. The van der Waals surface area contributed by atoms with Crippen LogP contribution in [0, 0.1) is 0 Å². The Hall–Kier alpha value is -3.10. The van der Waals surface area contributed by atoms with Crippen LogP contribution in [-0.2, 0) is 9.53 Å². The molecule has 0 spiro atoms. The quantitative estimate of drug-likeness (QED) is 0.530. The molecule has 2 aromatic carbocycles. The van der Waals surface area contributed by atoms with Crippen LogP contribution < -0.4 is 20.7 Å². The van der Waals surface area contributed by atoms with Crippen LogP contribution in [0.5, 0.6) is 5.75 Å². The van der Waals surface area contributed by atoms with Gasteiger partial charge in [-0.3, -0.25) is 4.79 Å². The third-order valence-corrected chi connectivity index (χ3v) is 5.77. The molecule has 170 valence electrons. The van der Waals surface area contributed by atoms with Gasteiger partial charge >= 0.3 is 6.03 Å². The maximum absolute atomic E-state index is 12.4. The van der Waals surface area contributed by atoms with Gasteiger partial charge in [-0.25, -0.2) is 4.79 Å². The smallest absolute Gasteiger partial charge is 0.323 e. The van der Waals surface area contributed by atoms with Gasteiger partial charge < -0.3 is 30.5 Å². The molecule has 4 rings (SSSR count). The molecule has 3 amide bonds. The van der Waals surface area contributed by atoms with Crippen LogP contribution in [0.15, 0.2) is 48.5 Å². The van der Waals surface area contributed by atoms with Crippen molar-refractivity contribution in [2.75, 3.05) is 23.8 Å². The minimum absolute atomic E-state index is 0.0289. The second-order valence-electron chi connectivity index (χ2n) is 8.16. The van der Waals surface area contributed by atoms with Gasteiger partial charge in [0.25, 0.3) is 0 Å². The molecule has 4 atom stereocenters. The van der Waals surface area contributed by atoms with Crippen LogP contribution in [0.1, 0.15) is 37.7 Å². The lowest BCUT2D eigenvalue weighted by Crippen LogP contribution is -2.47. The summed E-state index contributed by atoms with van der Waals surface area (Å²) >= 11 is 0. The molecular weight excluding hydrogens is 410 g/mol. The summed E-state index contributed by atoms with van der Waals surface area (Å²) in [6, 6.07) is 14.4. The standard InChI is InChI=1S/C24H29N3O5/c1-2-10-25-22(29)13-17-12-19-18-11-16(27-24(30)26-15-6-4-3-5-7-15)8-9-20(18)32-23(19)21(14-28)31-17/h3-9,11,17,19,21,23,28H,2,10,12-14H2,1H3,(H,25,29)(H2,26,27,30)/t17-,19-,21+,23+/m1/s1. The van der Waals surface area contributed by atoms with Gasteiger partial charge in [0.05, 0.1) is 19.1 Å². The zero-order chi connectivity index (χ0) is 22.5. The van der Waals surface area contributed by atoms with Gasteiger partial charge in [-0.1, -0.05) is 25.1 Å². The minimum atomic E-state index is -0.511. The Labute approximate surface area is 187 Å². The monoisotopic (exact) mass is 439 g/mol. The van der Waals surface area contributed by atoms with Gasteiger partial charge in [-0.05, 0) is 43.2 Å². The number of nitrogens with one attached hydrogen (secondary N) is 3. The number of benzene rings is 2. The van der Waals surface area contributed by atoms with Crippen molar-refractivity contribution in [2.24, 2.45) is 0 Å². The summed E-state index contributed by atoms with van der Waals surface area (Å²) in [6.07, 6.45) is 0.578. The van der Waals surface area contributed by atoms with E-state index < -0.39 is 6.10 Å². The van der Waals surface area contributed by atoms with Crippen molar-refractivity contribution in [1.29, 1.82) is 0 Å². The first-order valence-electron chi connectivity index (χ1n) is 11.0. The molecule has 8 heteroatoms. The van der Waals surface area contributed by atoms with E-state index in [1.54, 1.807) is 6.07 Å². The van der Waals surface area contributed by atoms with Gasteiger partial charge in [0.15, 0.2) is 0 Å². The Morgan fingerprint density at radius 2 is 1.88 bits per heavy atom. The van der Waals surface area contributed by atoms with Crippen molar-refractivity contribution >= 4 is 23.3 Å². The number of amides is 3. The van der Waals surface area contributed by atoms with E-state index in [2.05, 4.69) is 16.0 Å². The molecule has 0 aliphatic carbocycles. The lowest BCUT2D eigenvalue weighted by Gasteiger charge is -2.37. The molecule has 2 aromatic rings. The molecule has 0 bridgehead atoms. The zero-order valence-corrected chi connectivity index (χ0v) is 18.0. The van der Waals surface area contributed by atoms with E-state index in [0.29, 0.717) is 30.1 Å². The largest absolute Gasteiger partial charge is 0.487 e. The van der Waals surface area contributed by atoms with E-state index >= 15 is 0 Å². The van der Waals surface area contributed by atoms with Crippen LogP contribution >= 0.6 is 0 Å². The SMILES string of the molecule is CCCNC(=O)C[C@H]1C[C@@H]2c3cc(NC(=O)Nc4ccccc4)ccc3O[C@@H]2[C@H](CO)O1. The third kappa shape index (κ3) is 5.03. The number of carbonyl (C=O) groups excluding carboxylic acids is 2. The van der Waals surface area contributed by atoms with Crippen molar-refractivity contribution in [3.63, 3.8) is 0 Å². The number of urea groups is 1. The molecule has 1 saturated heterocycles. The van der Waals surface area contributed by atoms with E-state index in [-0.39, 0.29) is 43.1 Å². The molecule has 2 heterocycles. The number of hydrogen-bond acceptors (Lipinski definition) is 5. The second-order valence-corrected chi connectivity index (χ2v) is 8.16. The number of ether oxygens (including phenoxy) is 2. The lowest BCUT2D eigenvalue weighted by molar-refractivity contribution is -0.142. The fourth-order valence-electron chi connectivity index (χ4n) is 4.33. The summed E-state index contributed by atoms with van der Waals surface area (Å²) in [5, 5.41) is 18.4. The molecular formula is C24H29N3O5. The summed E-state index contributed by atoms with van der Waals surface area (Å²) in [7, 11) is 0. The maximum Gasteiger partial charge on any atom is 0.323 e. The molecule has 2 aliphatic heterocycles. The summed E-state index contributed by atoms with van der Waals surface area (Å²) < 4.78 is 12.1. The van der Waals surface area contributed by atoms with Gasteiger partial charge in [-0.15, -0.1) is 0 Å². The molecule has 0 saturated carbocycles. The minimum Gasteiger partial charge on any atom is -0.487 e. The maximum atomic E-state index is 12.4. The van der Waals surface area contributed by atoms with E-state index in [4.69, 9.17) is 9.47 Å². The molecule has 0 unspecified atom stereocenters. The highest BCUT2D eigenvalue weighted by atomic mass is 16.6. The average molecular weight is 440 g/mol. The van der Waals surface area contributed by atoms with Crippen LogP contribution in [0.4, 0.5) is 16.2 Å². The summed E-state index contributed by atoms with van der Waals surface area (Å²) in [5.74, 6) is 0.630. The number of rotatable bonds is 7. The molecule has 4 N–H and O–H groups in total. The Kier molecular flexibility index (Phi) is 6.92. The van der Waals surface area contributed by atoms with Crippen LogP contribution in [0.25, 0.3) is 0 Å². The highest BCUT2D eigenvalue weighted by Crippen LogP contribution is 2.47. The topological polar surface area (TPSA) is 109 Å². The third-order valence-electron chi connectivity index (χ3n) is 5.77. The number of aliphatic hydroxyl groups excluding tert-OH is 1. The number of carbonyl (C=O) groups is 2. The normalized spacial score (nSPS) is 23.4. The summed E-state index contributed by atoms with van der Waals surface area (Å²) in [5.41, 5.74) is 2.30. The molecule has 1 fully saturated rings. The van der Waals surface area contributed by atoms with E-state index in [1.807, 2.05) is 49.4 Å². The zero-order valence-electron chi connectivity index (χ0n) is 18.0. The molecule has 0 aromatic heterocycles. The number of anilines is 2. The predicted octanol–water partition coefficient (Wildman–Crippen LogP) is 3.24. The Morgan fingerprint density at radius 1 is 1.09 bits per heavy atom. The Morgan fingerprint density at radius 3 is 2.62 bits per heavy atom. The number of hydrogen-bond donors (Lipinski definition) is 4. The Balaban J connectivity index is 1.45. The van der Waals surface area contributed by atoms with Crippen LogP contribution in [0.2, 0.25) is 0 Å². The lowest BCUT2D eigenvalue weighted by atomic mass is 9.84.